The Kier molecular flexibility index (Phi) is 6.53. The third kappa shape index (κ3) is 4.86. The normalized spacial score (nSPS) is 16.8. The zero-order valence-corrected chi connectivity index (χ0v) is 20.5. The number of carbonyl (C=O) groups is 2. The number of nitrogens with two attached hydrogens (primary N) is 1. The highest BCUT2D eigenvalue weighted by Gasteiger charge is 2.37. The molecular formula is C27H27ClFN5O2. The van der Waals surface area contributed by atoms with Gasteiger partial charge in [-0.25, -0.2) is 9.37 Å². The second-order valence-corrected chi connectivity index (χ2v) is 9.68. The molecule has 2 fully saturated rings. The fourth-order valence-corrected chi connectivity index (χ4v) is 4.68. The Morgan fingerprint density at radius 1 is 0.972 bits per heavy atom. The van der Waals surface area contributed by atoms with Crippen LogP contribution >= 0.6 is 11.6 Å². The van der Waals surface area contributed by atoms with Crippen LogP contribution in [0.2, 0.25) is 5.02 Å². The van der Waals surface area contributed by atoms with Gasteiger partial charge < -0.3 is 20.9 Å². The van der Waals surface area contributed by atoms with Gasteiger partial charge in [0.15, 0.2) is 0 Å². The van der Waals surface area contributed by atoms with Crippen molar-refractivity contribution < 1.29 is 14.0 Å². The fraction of sp³-hybridized carbons (Fsp3) is 0.296. The van der Waals surface area contributed by atoms with Gasteiger partial charge in [0.05, 0.1) is 16.3 Å². The minimum Gasteiger partial charge on any atom is -0.399 e. The number of likely N-dealkylation sites (tertiary alicyclic amines) is 1. The van der Waals surface area contributed by atoms with Crippen LogP contribution in [0.3, 0.4) is 0 Å². The maximum absolute atomic E-state index is 15.5. The summed E-state index contributed by atoms with van der Waals surface area (Å²) in [6.07, 6.45) is 3.07. The van der Waals surface area contributed by atoms with E-state index in [1.54, 1.807) is 53.4 Å². The van der Waals surface area contributed by atoms with Gasteiger partial charge in [-0.05, 0) is 54.4 Å². The Morgan fingerprint density at radius 2 is 1.67 bits per heavy atom. The number of hydrogen-bond acceptors (Lipinski definition) is 5. The van der Waals surface area contributed by atoms with Crippen molar-refractivity contribution in [2.75, 3.05) is 42.1 Å². The van der Waals surface area contributed by atoms with Crippen LogP contribution in [0.1, 0.15) is 45.5 Å². The summed E-state index contributed by atoms with van der Waals surface area (Å²) in [7, 11) is 0. The molecule has 186 valence electrons. The van der Waals surface area contributed by atoms with Crippen molar-refractivity contribution in [2.24, 2.45) is 0 Å². The van der Waals surface area contributed by atoms with Gasteiger partial charge in [0.25, 0.3) is 11.8 Å². The molecule has 2 aliphatic rings. The maximum atomic E-state index is 15.5. The third-order valence-electron chi connectivity index (χ3n) is 6.92. The molecule has 36 heavy (non-hydrogen) atoms. The number of benzene rings is 2. The van der Waals surface area contributed by atoms with Crippen LogP contribution in [-0.2, 0) is 5.67 Å². The second kappa shape index (κ2) is 9.78. The first-order valence-corrected chi connectivity index (χ1v) is 12.4. The standard InChI is InChI=1S/C27H27ClFN5O2/c28-22-8-2-18(16-23(22)32-25(35)19-3-9-24(31-17-19)33-12-1-13-33)26(36)34-14-10-27(29,11-15-34)20-4-6-21(30)7-5-20/h2-9,16-17H,1,10-15,30H2,(H,32,35). The summed E-state index contributed by atoms with van der Waals surface area (Å²) in [5, 5.41) is 3.09. The molecule has 1 aromatic heterocycles. The number of alkyl halides is 1. The highest BCUT2D eigenvalue weighted by Crippen LogP contribution is 2.38. The summed E-state index contributed by atoms with van der Waals surface area (Å²) in [6.45, 7) is 2.50. The summed E-state index contributed by atoms with van der Waals surface area (Å²) < 4.78 is 15.5. The summed E-state index contributed by atoms with van der Waals surface area (Å²) in [5.41, 5.74) is 6.48. The van der Waals surface area contributed by atoms with Crippen LogP contribution in [0.25, 0.3) is 0 Å². The number of nitrogens with zero attached hydrogens (tertiary/aromatic N) is 3. The molecule has 0 aliphatic carbocycles. The average molecular weight is 508 g/mol. The van der Waals surface area contributed by atoms with Gasteiger partial charge in [0.2, 0.25) is 0 Å². The Balaban J connectivity index is 1.24. The summed E-state index contributed by atoms with van der Waals surface area (Å²) in [4.78, 5) is 34.1. The molecule has 7 nitrogen and oxygen atoms in total. The van der Waals surface area contributed by atoms with E-state index in [1.165, 1.54) is 6.20 Å². The number of piperidine rings is 1. The van der Waals surface area contributed by atoms with Crippen molar-refractivity contribution in [2.45, 2.75) is 24.9 Å². The predicted molar refractivity (Wildman–Crippen MR) is 139 cm³/mol. The first kappa shape index (κ1) is 24.1. The number of halogens is 2. The molecule has 2 aliphatic heterocycles. The van der Waals surface area contributed by atoms with Gasteiger partial charge in [-0.1, -0.05) is 23.7 Å². The largest absolute Gasteiger partial charge is 0.399 e. The topological polar surface area (TPSA) is 91.6 Å². The first-order valence-electron chi connectivity index (χ1n) is 12.0. The van der Waals surface area contributed by atoms with Crippen molar-refractivity contribution in [3.63, 3.8) is 0 Å². The number of carbonyl (C=O) groups excluding carboxylic acids is 2. The Hall–Kier alpha value is -3.65. The number of pyridine rings is 1. The molecule has 3 heterocycles. The molecule has 0 unspecified atom stereocenters. The third-order valence-corrected chi connectivity index (χ3v) is 7.25. The molecule has 0 radical (unpaired) electrons. The lowest BCUT2D eigenvalue weighted by molar-refractivity contribution is 0.0421. The molecule has 5 rings (SSSR count). The molecule has 3 N–H and O–H groups in total. The van der Waals surface area contributed by atoms with E-state index in [1.807, 2.05) is 6.07 Å². The van der Waals surface area contributed by atoms with Crippen molar-refractivity contribution >= 4 is 40.6 Å². The molecule has 2 amide bonds. The van der Waals surface area contributed by atoms with E-state index < -0.39 is 5.67 Å². The van der Waals surface area contributed by atoms with Gasteiger partial charge in [0.1, 0.15) is 11.5 Å². The highest BCUT2D eigenvalue weighted by atomic mass is 35.5. The Bertz CT molecular complexity index is 1270. The summed E-state index contributed by atoms with van der Waals surface area (Å²) in [5.74, 6) is 0.244. The number of anilines is 3. The molecule has 0 saturated carbocycles. The number of hydrogen-bond donors (Lipinski definition) is 2. The van der Waals surface area contributed by atoms with Gasteiger partial charge >= 0.3 is 0 Å². The number of aromatic nitrogens is 1. The van der Waals surface area contributed by atoms with E-state index in [2.05, 4.69) is 15.2 Å². The Morgan fingerprint density at radius 3 is 2.28 bits per heavy atom. The van der Waals surface area contributed by atoms with Crippen LogP contribution in [0, 0.1) is 0 Å². The van der Waals surface area contributed by atoms with Crippen LogP contribution in [0.15, 0.2) is 60.8 Å². The van der Waals surface area contributed by atoms with E-state index >= 15 is 4.39 Å². The molecule has 3 aromatic rings. The average Bonchev–Trinajstić information content (AvgIpc) is 2.85. The van der Waals surface area contributed by atoms with E-state index in [4.69, 9.17) is 17.3 Å². The van der Waals surface area contributed by atoms with E-state index in [0.29, 0.717) is 33.1 Å². The minimum atomic E-state index is -1.50. The van der Waals surface area contributed by atoms with Crippen LogP contribution in [-0.4, -0.2) is 47.9 Å². The Labute approximate surface area is 214 Å². The van der Waals surface area contributed by atoms with Crippen molar-refractivity contribution in [3.05, 3.63) is 82.5 Å². The van der Waals surface area contributed by atoms with Crippen LogP contribution < -0.4 is 16.0 Å². The molecule has 2 aromatic carbocycles. The quantitative estimate of drug-likeness (QED) is 0.480. The molecule has 0 spiro atoms. The van der Waals surface area contributed by atoms with Crippen molar-refractivity contribution in [1.29, 1.82) is 0 Å². The molecule has 2 saturated heterocycles. The number of nitrogen functional groups attached to an aromatic ring is 1. The van der Waals surface area contributed by atoms with Gasteiger partial charge in [-0.3, -0.25) is 9.59 Å². The fourth-order valence-electron chi connectivity index (χ4n) is 4.52. The first-order chi connectivity index (χ1) is 17.3. The molecule has 0 bridgehead atoms. The van der Waals surface area contributed by atoms with Crippen molar-refractivity contribution in [1.82, 2.24) is 9.88 Å². The van der Waals surface area contributed by atoms with Gasteiger partial charge in [-0.2, -0.15) is 0 Å². The van der Waals surface area contributed by atoms with E-state index in [-0.39, 0.29) is 37.7 Å². The summed E-state index contributed by atoms with van der Waals surface area (Å²) in [6, 6.07) is 15.1. The number of nitrogens with one attached hydrogen (secondary N) is 1. The molecule has 9 heteroatoms. The van der Waals surface area contributed by atoms with Gasteiger partial charge in [0, 0.05) is 56.5 Å². The lowest BCUT2D eigenvalue weighted by Gasteiger charge is -2.37. The second-order valence-electron chi connectivity index (χ2n) is 9.27. The lowest BCUT2D eigenvalue weighted by Crippen LogP contribution is -2.43. The van der Waals surface area contributed by atoms with E-state index in [9.17, 15) is 9.59 Å². The molecule has 0 atom stereocenters. The zero-order valence-electron chi connectivity index (χ0n) is 19.7. The smallest absolute Gasteiger partial charge is 0.257 e. The van der Waals surface area contributed by atoms with Crippen LogP contribution in [0.4, 0.5) is 21.6 Å². The van der Waals surface area contributed by atoms with Crippen molar-refractivity contribution in [3.8, 4) is 0 Å². The minimum absolute atomic E-state index is 0.195. The number of amides is 2. The zero-order chi connectivity index (χ0) is 25.3. The SMILES string of the molecule is Nc1ccc(C2(F)CCN(C(=O)c3ccc(Cl)c(NC(=O)c4ccc(N5CCC5)nc4)c3)CC2)cc1. The highest BCUT2D eigenvalue weighted by molar-refractivity contribution is 6.34. The monoisotopic (exact) mass is 507 g/mol. The predicted octanol–water partition coefficient (Wildman–Crippen LogP) is 4.88. The van der Waals surface area contributed by atoms with Crippen LogP contribution in [0.5, 0.6) is 0 Å². The van der Waals surface area contributed by atoms with Gasteiger partial charge in [-0.15, -0.1) is 0 Å². The summed E-state index contributed by atoms with van der Waals surface area (Å²) >= 11 is 6.31. The lowest BCUT2D eigenvalue weighted by atomic mass is 9.86. The molecular weight excluding hydrogens is 481 g/mol. The van der Waals surface area contributed by atoms with E-state index in [0.717, 1.165) is 25.3 Å². The number of rotatable bonds is 5. The maximum Gasteiger partial charge on any atom is 0.257 e.